The number of imide groups is 1. The van der Waals surface area contributed by atoms with Crippen molar-refractivity contribution in [2.45, 2.75) is 25.9 Å². The van der Waals surface area contributed by atoms with E-state index in [1.165, 1.54) is 30.3 Å². The minimum atomic E-state index is -4.65. The first-order valence-corrected chi connectivity index (χ1v) is 9.78. The lowest BCUT2D eigenvalue weighted by Crippen LogP contribution is -2.33. The number of hydrogen-bond donors (Lipinski definition) is 1. The first-order valence-electron chi connectivity index (χ1n) is 9.78. The average Bonchev–Trinajstić information content (AvgIpc) is 2.97. The summed E-state index contributed by atoms with van der Waals surface area (Å²) in [7, 11) is 0. The van der Waals surface area contributed by atoms with Crippen molar-refractivity contribution < 1.29 is 27.6 Å². The summed E-state index contributed by atoms with van der Waals surface area (Å²) >= 11 is 0. The molecule has 2 aliphatic rings. The molecule has 2 aromatic rings. The number of nitrogens with zero attached hydrogens (tertiary/aromatic N) is 1. The molecule has 1 aliphatic carbocycles. The largest absolute Gasteiger partial charge is 0.418 e. The second-order valence-corrected chi connectivity index (χ2v) is 7.73. The maximum Gasteiger partial charge on any atom is 0.418 e. The molecule has 2 atom stereocenters. The Bertz CT molecular complexity index is 1110. The van der Waals surface area contributed by atoms with E-state index in [1.807, 2.05) is 13.0 Å². The highest BCUT2D eigenvalue weighted by molar-refractivity contribution is 6.25. The van der Waals surface area contributed by atoms with Crippen molar-refractivity contribution in [3.8, 4) is 0 Å². The van der Waals surface area contributed by atoms with Crippen molar-refractivity contribution in [1.82, 2.24) is 0 Å². The standard InChI is InChI=1S/C23H19F3N2O3/c1-13-10-11-14-16(12-13)22(31)28(21(14)30)19-9-5-2-6-15(19)20(29)27-18-8-4-3-7-17(18)23(24,25)26/h2-10,14,16H,11-12H2,1H3,(H,27,29)/t14-,16-/m1/s1. The molecule has 0 unspecified atom stereocenters. The van der Waals surface area contributed by atoms with Crippen LogP contribution in [0.15, 0.2) is 60.2 Å². The number of fused-ring (bicyclic) bond motifs is 1. The van der Waals surface area contributed by atoms with Gasteiger partial charge < -0.3 is 5.32 Å². The van der Waals surface area contributed by atoms with E-state index in [4.69, 9.17) is 0 Å². The quantitative estimate of drug-likeness (QED) is 0.564. The van der Waals surface area contributed by atoms with Gasteiger partial charge in [0.25, 0.3) is 5.91 Å². The van der Waals surface area contributed by atoms with Gasteiger partial charge in [0.05, 0.1) is 34.3 Å². The number of amides is 3. The van der Waals surface area contributed by atoms with Crippen LogP contribution in [-0.2, 0) is 15.8 Å². The van der Waals surface area contributed by atoms with Crippen molar-refractivity contribution in [1.29, 1.82) is 0 Å². The molecule has 8 heteroatoms. The lowest BCUT2D eigenvalue weighted by molar-refractivity contribution is -0.137. The first-order chi connectivity index (χ1) is 14.7. The van der Waals surface area contributed by atoms with Gasteiger partial charge in [-0.2, -0.15) is 13.2 Å². The molecule has 1 fully saturated rings. The maximum atomic E-state index is 13.3. The van der Waals surface area contributed by atoms with Gasteiger partial charge in [-0.3, -0.25) is 14.4 Å². The molecule has 0 spiro atoms. The number of carbonyl (C=O) groups excluding carboxylic acids is 3. The van der Waals surface area contributed by atoms with Crippen molar-refractivity contribution in [2.24, 2.45) is 11.8 Å². The zero-order valence-corrected chi connectivity index (χ0v) is 16.6. The Morgan fingerprint density at radius 1 is 1.00 bits per heavy atom. The summed E-state index contributed by atoms with van der Waals surface area (Å²) in [5, 5.41) is 2.28. The van der Waals surface area contributed by atoms with Crippen molar-refractivity contribution in [3.05, 3.63) is 71.3 Å². The number of rotatable bonds is 3. The van der Waals surface area contributed by atoms with Crippen LogP contribution in [0.1, 0.15) is 35.7 Å². The van der Waals surface area contributed by atoms with Gasteiger partial charge in [-0.05, 0) is 44.0 Å². The number of allylic oxidation sites excluding steroid dienone is 2. The fraction of sp³-hybridized carbons (Fsp3) is 0.261. The van der Waals surface area contributed by atoms with E-state index in [2.05, 4.69) is 5.32 Å². The zero-order chi connectivity index (χ0) is 22.3. The zero-order valence-electron chi connectivity index (χ0n) is 16.6. The fourth-order valence-corrected chi connectivity index (χ4v) is 4.16. The number of anilines is 2. The lowest BCUT2D eigenvalue weighted by Gasteiger charge is -2.19. The summed E-state index contributed by atoms with van der Waals surface area (Å²) < 4.78 is 39.8. The molecule has 5 nitrogen and oxygen atoms in total. The molecule has 31 heavy (non-hydrogen) atoms. The SMILES string of the molecule is CC1=CC[C@H]2C(=O)N(c3ccccc3C(=O)Nc3ccccc3C(F)(F)F)C(=O)[C@@H]2C1. The number of alkyl halides is 3. The summed E-state index contributed by atoms with van der Waals surface area (Å²) in [6, 6.07) is 10.6. The van der Waals surface area contributed by atoms with E-state index in [0.29, 0.717) is 12.8 Å². The monoisotopic (exact) mass is 428 g/mol. The van der Waals surface area contributed by atoms with Crippen LogP contribution in [0.2, 0.25) is 0 Å². The minimum absolute atomic E-state index is 0.0514. The van der Waals surface area contributed by atoms with Gasteiger partial charge in [-0.15, -0.1) is 0 Å². The maximum absolute atomic E-state index is 13.3. The van der Waals surface area contributed by atoms with E-state index >= 15 is 0 Å². The Kier molecular flexibility index (Phi) is 5.16. The number of nitrogens with one attached hydrogen (secondary N) is 1. The highest BCUT2D eigenvalue weighted by atomic mass is 19.4. The Labute approximate surface area is 176 Å². The Hall–Kier alpha value is -3.42. The smallest absolute Gasteiger partial charge is 0.321 e. The van der Waals surface area contributed by atoms with E-state index in [0.717, 1.165) is 22.6 Å². The van der Waals surface area contributed by atoms with Gasteiger partial charge in [-0.1, -0.05) is 35.9 Å². The molecular formula is C23H19F3N2O3. The third-order valence-electron chi connectivity index (χ3n) is 5.69. The van der Waals surface area contributed by atoms with Crippen LogP contribution in [0.3, 0.4) is 0 Å². The molecular weight excluding hydrogens is 409 g/mol. The second-order valence-electron chi connectivity index (χ2n) is 7.73. The Balaban J connectivity index is 1.67. The van der Waals surface area contributed by atoms with E-state index < -0.39 is 47.0 Å². The van der Waals surface area contributed by atoms with Crippen LogP contribution in [0.5, 0.6) is 0 Å². The van der Waals surface area contributed by atoms with Crippen molar-refractivity contribution >= 4 is 29.1 Å². The molecule has 4 rings (SSSR count). The number of para-hydroxylation sites is 2. The van der Waals surface area contributed by atoms with Crippen LogP contribution in [0, 0.1) is 11.8 Å². The third kappa shape index (κ3) is 3.73. The molecule has 1 heterocycles. The summed E-state index contributed by atoms with van der Waals surface area (Å²) in [6.45, 7) is 1.90. The van der Waals surface area contributed by atoms with Gasteiger partial charge in [0.2, 0.25) is 11.8 Å². The fourth-order valence-electron chi connectivity index (χ4n) is 4.16. The van der Waals surface area contributed by atoms with Crippen LogP contribution < -0.4 is 10.2 Å². The summed E-state index contributed by atoms with van der Waals surface area (Å²) in [4.78, 5) is 39.9. The molecule has 3 amide bonds. The molecule has 1 aliphatic heterocycles. The van der Waals surface area contributed by atoms with Crippen LogP contribution >= 0.6 is 0 Å². The van der Waals surface area contributed by atoms with E-state index in [9.17, 15) is 27.6 Å². The average molecular weight is 428 g/mol. The molecule has 0 aromatic heterocycles. The van der Waals surface area contributed by atoms with Gasteiger partial charge in [0, 0.05) is 0 Å². The molecule has 1 saturated heterocycles. The highest BCUT2D eigenvalue weighted by Crippen LogP contribution is 2.41. The number of halogens is 3. The number of benzene rings is 2. The highest BCUT2D eigenvalue weighted by Gasteiger charge is 2.49. The van der Waals surface area contributed by atoms with Gasteiger partial charge in [0.1, 0.15) is 0 Å². The summed E-state index contributed by atoms with van der Waals surface area (Å²) in [5.41, 5.74) is -0.334. The Morgan fingerprint density at radius 2 is 1.65 bits per heavy atom. The van der Waals surface area contributed by atoms with Gasteiger partial charge in [0.15, 0.2) is 0 Å². The van der Waals surface area contributed by atoms with Gasteiger partial charge in [-0.25, -0.2) is 4.90 Å². The summed E-state index contributed by atoms with van der Waals surface area (Å²) in [5.74, 6) is -2.59. The van der Waals surface area contributed by atoms with E-state index in [-0.39, 0.29) is 11.3 Å². The van der Waals surface area contributed by atoms with Crippen molar-refractivity contribution in [3.63, 3.8) is 0 Å². The van der Waals surface area contributed by atoms with Crippen LogP contribution in [0.25, 0.3) is 0 Å². The third-order valence-corrected chi connectivity index (χ3v) is 5.69. The molecule has 1 N–H and O–H groups in total. The molecule has 0 saturated carbocycles. The van der Waals surface area contributed by atoms with Crippen molar-refractivity contribution in [2.75, 3.05) is 10.2 Å². The molecule has 2 aromatic carbocycles. The number of hydrogen-bond acceptors (Lipinski definition) is 3. The lowest BCUT2D eigenvalue weighted by atomic mass is 9.82. The normalized spacial score (nSPS) is 21.0. The molecule has 0 radical (unpaired) electrons. The Morgan fingerprint density at radius 3 is 2.39 bits per heavy atom. The molecule has 160 valence electrons. The van der Waals surface area contributed by atoms with E-state index in [1.54, 1.807) is 6.07 Å². The summed E-state index contributed by atoms with van der Waals surface area (Å²) in [6.07, 6.45) is -1.79. The van der Waals surface area contributed by atoms with Crippen LogP contribution in [0.4, 0.5) is 24.5 Å². The number of carbonyl (C=O) groups is 3. The second kappa shape index (κ2) is 7.68. The topological polar surface area (TPSA) is 66.5 Å². The van der Waals surface area contributed by atoms with Gasteiger partial charge >= 0.3 is 6.18 Å². The predicted octanol–water partition coefficient (Wildman–Crippen LogP) is 4.80. The minimum Gasteiger partial charge on any atom is -0.321 e. The van der Waals surface area contributed by atoms with Crippen LogP contribution in [-0.4, -0.2) is 17.7 Å². The molecule has 0 bridgehead atoms. The first kappa shape index (κ1) is 20.8. The predicted molar refractivity (Wildman–Crippen MR) is 108 cm³/mol.